The maximum atomic E-state index is 12.6. The third kappa shape index (κ3) is 30.5. The Labute approximate surface area is 292 Å². The monoisotopic (exact) mass is 766 g/mol. The summed E-state index contributed by atoms with van der Waals surface area (Å²) in [6, 6.07) is 0. The molecule has 0 heterocycles. The maximum absolute atomic E-state index is 12.6. The fourth-order valence-corrected chi connectivity index (χ4v) is 4.42. The summed E-state index contributed by atoms with van der Waals surface area (Å²) in [4.78, 5) is 55.3. The Hall–Kier alpha value is -2.15. The van der Waals surface area contributed by atoms with Crippen LogP contribution in [0.3, 0.4) is 0 Å². The molecule has 0 saturated carbocycles. The van der Waals surface area contributed by atoms with Gasteiger partial charge in [0.05, 0.1) is 26.1 Å². The van der Waals surface area contributed by atoms with Gasteiger partial charge in [0.2, 0.25) is 0 Å². The van der Waals surface area contributed by atoms with Crippen LogP contribution in [0.1, 0.15) is 156 Å². The fourth-order valence-electron chi connectivity index (χ4n) is 4.42. The number of unbranched alkanes of at least 4 members (excludes halogenated alkanes) is 15. The van der Waals surface area contributed by atoms with E-state index in [1.807, 2.05) is 0 Å². The first-order chi connectivity index (χ1) is 21.4. The normalized spacial score (nSPS) is 11.1. The van der Waals surface area contributed by atoms with Gasteiger partial charge in [-0.3, -0.25) is 9.59 Å². The van der Waals surface area contributed by atoms with Gasteiger partial charge in [-0.1, -0.05) is 117 Å². The molecule has 0 atom stereocenters. The number of hydrogen-bond acceptors (Lipinski definition) is 8. The average molecular weight is 766 g/mol. The van der Waals surface area contributed by atoms with Crippen LogP contribution in [-0.4, -0.2) is 93.0 Å². The van der Waals surface area contributed by atoms with Crippen molar-refractivity contribution in [3.8, 4) is 0 Å². The molecule has 0 aromatic carbocycles. The van der Waals surface area contributed by atoms with E-state index in [2.05, 4.69) is 20.8 Å². The molecule has 0 aromatic heterocycles. The Morgan fingerprint density at radius 2 is 0.935 bits per heavy atom. The number of hydrogen-bond donors (Lipinski definition) is 4. The number of carboxylic acids is 3. The topological polar surface area (TPSA) is 185 Å². The summed E-state index contributed by atoms with van der Waals surface area (Å²) in [6.45, 7) is 7.48. The van der Waals surface area contributed by atoms with Gasteiger partial charge in [0, 0.05) is 11.6 Å². The van der Waals surface area contributed by atoms with E-state index in [-0.39, 0.29) is 29.9 Å². The van der Waals surface area contributed by atoms with Gasteiger partial charge in [-0.25, -0.2) is 14.4 Å². The van der Waals surface area contributed by atoms with Crippen molar-refractivity contribution in [2.75, 3.05) is 13.2 Å². The van der Waals surface area contributed by atoms with Crippen molar-refractivity contribution >= 4 is 53.8 Å². The zero-order valence-electron chi connectivity index (χ0n) is 28.7. The molecule has 0 unspecified atom stereocenters. The molecule has 2 radical (unpaired) electrons. The van der Waals surface area contributed by atoms with Gasteiger partial charge in [-0.05, 0) is 25.7 Å². The molecule has 12 heteroatoms. The predicted molar refractivity (Wildman–Crippen MR) is 180 cm³/mol. The quantitative estimate of drug-likeness (QED) is 0.0303. The number of carbonyl (C=O) groups is 5. The zero-order valence-corrected chi connectivity index (χ0v) is 32.7. The molecule has 0 spiro atoms. The molecule has 0 aromatic rings. The molecule has 46 heavy (non-hydrogen) atoms. The number of aliphatic carboxylic acids is 3. The van der Waals surface area contributed by atoms with E-state index in [9.17, 15) is 24.0 Å². The number of ether oxygens (including phenoxy) is 2. The van der Waals surface area contributed by atoms with Crippen LogP contribution in [-0.2, 0) is 33.4 Å². The van der Waals surface area contributed by atoms with Crippen molar-refractivity contribution < 1.29 is 53.9 Å². The molecule has 0 aliphatic carbocycles. The summed E-state index contributed by atoms with van der Waals surface area (Å²) in [5.41, 5.74) is -2.27. The standard InChI is InChI=1S/C28H52O4.C6H8O7.Sn.2H/c1-4-7-10-13-16-19-22-26(28(30)32-24-21-18-15-12-9-6-3)25-27(29)31-23-20-17-14-11-8-5-2;7-3(8)1-6(13,5(11)12)2-4(9)10;;;/h25H,4-24H2,1-3H3;13H,1-2H2,(H,7,8)(H,9,10)(H,11,12);;;/b26-25-;;;;. The van der Waals surface area contributed by atoms with Crippen LogP contribution in [0.15, 0.2) is 11.6 Å². The van der Waals surface area contributed by atoms with Crippen molar-refractivity contribution in [2.24, 2.45) is 0 Å². The molecule has 11 nitrogen and oxygen atoms in total. The first kappa shape index (κ1) is 48.2. The van der Waals surface area contributed by atoms with E-state index >= 15 is 0 Å². The Morgan fingerprint density at radius 1 is 0.565 bits per heavy atom. The van der Waals surface area contributed by atoms with Crippen LogP contribution < -0.4 is 0 Å². The minimum atomic E-state index is -2.74. The van der Waals surface area contributed by atoms with Crippen LogP contribution in [0.25, 0.3) is 0 Å². The molecule has 268 valence electrons. The van der Waals surface area contributed by atoms with Crippen molar-refractivity contribution in [1.82, 2.24) is 0 Å². The van der Waals surface area contributed by atoms with E-state index in [4.69, 9.17) is 29.9 Å². The summed E-state index contributed by atoms with van der Waals surface area (Å²) in [7, 11) is 0. The SMILES string of the molecule is CCCCCCCCOC(=O)/C=C(/CCCCCCCC)C(=O)OCCCCCCCC.O=C(O)CC(O)(CC(=O)O)C(=O)O.[SnH2]. The second-order valence-corrected chi connectivity index (χ2v) is 11.5. The van der Waals surface area contributed by atoms with Crippen molar-refractivity contribution in [3.05, 3.63) is 11.6 Å². The van der Waals surface area contributed by atoms with Gasteiger partial charge in [0.15, 0.2) is 5.60 Å². The number of carboxylic acid groups (broad SMARTS) is 3. The van der Waals surface area contributed by atoms with Crippen LogP contribution in [0.2, 0.25) is 0 Å². The first-order valence-electron chi connectivity index (χ1n) is 16.9. The number of esters is 2. The van der Waals surface area contributed by atoms with Crippen LogP contribution in [0, 0.1) is 0 Å². The molecule has 4 N–H and O–H groups in total. The molecule has 0 amide bonds. The summed E-state index contributed by atoms with van der Waals surface area (Å²) in [5.74, 6) is -5.77. The second-order valence-electron chi connectivity index (χ2n) is 11.5. The summed E-state index contributed by atoms with van der Waals surface area (Å²) < 4.78 is 10.8. The third-order valence-corrected chi connectivity index (χ3v) is 7.11. The van der Waals surface area contributed by atoms with Crippen LogP contribution >= 0.6 is 0 Å². The summed E-state index contributed by atoms with van der Waals surface area (Å²) in [6.07, 6.45) is 20.4. The van der Waals surface area contributed by atoms with E-state index in [1.165, 1.54) is 83.1 Å². The van der Waals surface area contributed by atoms with Crippen molar-refractivity contribution in [3.63, 3.8) is 0 Å². The molecular weight excluding hydrogens is 703 g/mol. The van der Waals surface area contributed by atoms with Gasteiger partial charge in [-0.2, -0.15) is 0 Å². The van der Waals surface area contributed by atoms with Crippen molar-refractivity contribution in [2.45, 2.75) is 161 Å². The van der Waals surface area contributed by atoms with E-state index < -0.39 is 42.3 Å². The molecule has 0 rings (SSSR count). The average Bonchev–Trinajstić information content (AvgIpc) is 2.96. The molecular formula is C34H62O11Sn. The van der Waals surface area contributed by atoms with Gasteiger partial charge >= 0.3 is 53.8 Å². The van der Waals surface area contributed by atoms with E-state index in [1.54, 1.807) is 0 Å². The van der Waals surface area contributed by atoms with Gasteiger partial charge < -0.3 is 29.9 Å². The summed E-state index contributed by atoms with van der Waals surface area (Å²) in [5, 5.41) is 33.8. The number of carbonyl (C=O) groups excluding carboxylic acids is 2. The fraction of sp³-hybridized carbons (Fsp3) is 0.794. The van der Waals surface area contributed by atoms with Gasteiger partial charge in [0.1, 0.15) is 0 Å². The van der Waals surface area contributed by atoms with Crippen LogP contribution in [0.4, 0.5) is 0 Å². The molecule has 0 bridgehead atoms. The molecule has 0 aliphatic heterocycles. The Balaban J connectivity index is -0.00000111. The second kappa shape index (κ2) is 32.8. The summed E-state index contributed by atoms with van der Waals surface area (Å²) >= 11 is 0. The third-order valence-electron chi connectivity index (χ3n) is 7.11. The molecule has 0 fully saturated rings. The van der Waals surface area contributed by atoms with Crippen LogP contribution in [0.5, 0.6) is 0 Å². The first-order valence-corrected chi connectivity index (χ1v) is 16.9. The molecule has 0 aliphatic rings. The number of rotatable bonds is 28. The predicted octanol–water partition coefficient (Wildman–Crippen LogP) is 6.31. The van der Waals surface area contributed by atoms with Gasteiger partial charge in [0.25, 0.3) is 0 Å². The Bertz CT molecular complexity index is 842. The Morgan fingerprint density at radius 3 is 1.33 bits per heavy atom. The minimum absolute atomic E-state index is 0. The van der Waals surface area contributed by atoms with Gasteiger partial charge in [-0.15, -0.1) is 0 Å². The number of aliphatic hydroxyl groups is 1. The zero-order chi connectivity index (χ0) is 34.3. The van der Waals surface area contributed by atoms with E-state index in [0.717, 1.165) is 38.5 Å². The van der Waals surface area contributed by atoms with E-state index in [0.29, 0.717) is 25.2 Å². The Kier molecular flexibility index (Phi) is 34.4. The van der Waals surface area contributed by atoms with Crippen molar-refractivity contribution in [1.29, 1.82) is 0 Å². The molecule has 0 saturated heterocycles.